The zero-order valence-corrected chi connectivity index (χ0v) is 22.8. The first kappa shape index (κ1) is 25.5. The highest BCUT2D eigenvalue weighted by Crippen LogP contribution is 2.36. The van der Waals surface area contributed by atoms with Crippen molar-refractivity contribution in [2.75, 3.05) is 11.4 Å². The van der Waals surface area contributed by atoms with E-state index in [1.54, 1.807) is 24.4 Å². The van der Waals surface area contributed by atoms with Crippen molar-refractivity contribution >= 4 is 62.4 Å². The molecule has 8 heteroatoms. The summed E-state index contributed by atoms with van der Waals surface area (Å²) in [7, 11) is 0. The van der Waals surface area contributed by atoms with Gasteiger partial charge in [0.1, 0.15) is 5.69 Å². The molecule has 37 heavy (non-hydrogen) atoms. The molecule has 1 N–H and O–H groups in total. The van der Waals surface area contributed by atoms with Crippen LogP contribution in [0, 0.1) is 5.92 Å². The summed E-state index contributed by atoms with van der Waals surface area (Å²) < 4.78 is 0.943. The maximum Gasteiger partial charge on any atom is 0.336 e. The van der Waals surface area contributed by atoms with Crippen LogP contribution in [0.1, 0.15) is 39.3 Å². The molecule has 0 spiro atoms. The molecule has 3 aromatic carbocycles. The molecule has 1 heterocycles. The number of anilines is 2. The van der Waals surface area contributed by atoms with Gasteiger partial charge in [-0.05, 0) is 97.6 Å². The molecule has 1 saturated carbocycles. The van der Waals surface area contributed by atoms with Crippen molar-refractivity contribution < 1.29 is 14.7 Å². The lowest BCUT2D eigenvalue weighted by atomic mass is 10.0. The van der Waals surface area contributed by atoms with Gasteiger partial charge in [-0.15, -0.1) is 0 Å². The summed E-state index contributed by atoms with van der Waals surface area (Å²) >= 11 is 10.8. The van der Waals surface area contributed by atoms with E-state index in [9.17, 15) is 14.7 Å². The number of carbonyl (C=O) groups excluding carboxylic acids is 1. The molecule has 0 bridgehead atoms. The van der Waals surface area contributed by atoms with Crippen molar-refractivity contribution in [2.45, 2.75) is 22.6 Å². The Hall–Kier alpha value is -3.13. The van der Waals surface area contributed by atoms with Gasteiger partial charge in [0.2, 0.25) is 5.78 Å². The minimum atomic E-state index is -1.09. The third kappa shape index (κ3) is 6.24. The van der Waals surface area contributed by atoms with Gasteiger partial charge in [0, 0.05) is 37.1 Å². The van der Waals surface area contributed by atoms with Gasteiger partial charge in [-0.2, -0.15) is 0 Å². The fourth-order valence-electron chi connectivity index (χ4n) is 3.92. The Bertz CT molecular complexity index is 1440. The normalized spacial score (nSPS) is 12.8. The van der Waals surface area contributed by atoms with Crippen LogP contribution >= 0.6 is 39.3 Å². The van der Waals surface area contributed by atoms with Crippen molar-refractivity contribution in [3.8, 4) is 0 Å². The molecule has 5 nitrogen and oxygen atoms in total. The average Bonchev–Trinajstić information content (AvgIpc) is 3.73. The molecular weight excluding hydrogens is 572 g/mol. The van der Waals surface area contributed by atoms with Crippen molar-refractivity contribution in [3.05, 3.63) is 111 Å². The SMILES string of the molecule is O=C(c1ccc(Sc2ccc(Br)cc2)c(C(=O)O)c1)c1ccc(N(CC2CC2)c2ccc(Cl)cc2)cn1. The van der Waals surface area contributed by atoms with Gasteiger partial charge in [0.05, 0.1) is 17.4 Å². The highest BCUT2D eigenvalue weighted by atomic mass is 79.9. The van der Waals surface area contributed by atoms with E-state index in [0.717, 1.165) is 27.3 Å². The summed E-state index contributed by atoms with van der Waals surface area (Å²) in [5, 5.41) is 10.5. The van der Waals surface area contributed by atoms with Crippen LogP contribution in [0.25, 0.3) is 0 Å². The smallest absolute Gasteiger partial charge is 0.336 e. The number of aromatic nitrogens is 1. The van der Waals surface area contributed by atoms with Gasteiger partial charge in [0.15, 0.2) is 0 Å². The maximum absolute atomic E-state index is 13.2. The van der Waals surface area contributed by atoms with Crippen molar-refractivity contribution in [1.82, 2.24) is 4.98 Å². The largest absolute Gasteiger partial charge is 0.478 e. The number of nitrogens with zero attached hydrogens (tertiary/aromatic N) is 2. The molecule has 0 amide bonds. The number of ketones is 1. The third-order valence-corrected chi connectivity index (χ3v) is 7.95. The van der Waals surface area contributed by atoms with Crippen molar-refractivity contribution in [3.63, 3.8) is 0 Å². The second-order valence-electron chi connectivity index (χ2n) is 8.83. The monoisotopic (exact) mass is 592 g/mol. The maximum atomic E-state index is 13.2. The van der Waals surface area contributed by atoms with Crippen LogP contribution in [-0.2, 0) is 0 Å². The summed E-state index contributed by atoms with van der Waals surface area (Å²) in [4.78, 5) is 33.3. The number of halogens is 2. The summed E-state index contributed by atoms with van der Waals surface area (Å²) in [5.74, 6) is -0.772. The zero-order valence-electron chi connectivity index (χ0n) is 19.6. The Balaban J connectivity index is 1.38. The standard InChI is InChI=1S/C29H22BrClN2O3S/c30-20-4-11-24(12-5-20)37-27-14-3-19(15-25(27)29(35)36)28(34)26-13-10-23(16-32-26)33(17-18-1-2-18)22-8-6-21(31)7-9-22/h3-16,18H,1-2,17H2,(H,35,36). The number of hydrogen-bond acceptors (Lipinski definition) is 5. The highest BCUT2D eigenvalue weighted by Gasteiger charge is 2.26. The molecule has 186 valence electrons. The van der Waals surface area contributed by atoms with Gasteiger partial charge in [-0.3, -0.25) is 9.78 Å². The molecule has 1 aromatic heterocycles. The van der Waals surface area contributed by atoms with E-state index in [2.05, 4.69) is 25.8 Å². The van der Waals surface area contributed by atoms with Crippen LogP contribution in [0.3, 0.4) is 0 Å². The second kappa shape index (κ2) is 11.1. The average molecular weight is 594 g/mol. The Labute approximate surface area is 232 Å². The number of pyridine rings is 1. The topological polar surface area (TPSA) is 70.5 Å². The van der Waals surface area contributed by atoms with Crippen LogP contribution in [0.15, 0.2) is 99.3 Å². The quantitative estimate of drug-likeness (QED) is 0.198. The van der Waals surface area contributed by atoms with Crippen LogP contribution in [0.5, 0.6) is 0 Å². The lowest BCUT2D eigenvalue weighted by Crippen LogP contribution is -2.20. The predicted molar refractivity (Wildman–Crippen MR) is 151 cm³/mol. The third-order valence-electron chi connectivity index (χ3n) is 6.08. The van der Waals surface area contributed by atoms with Crippen LogP contribution in [-0.4, -0.2) is 28.4 Å². The van der Waals surface area contributed by atoms with E-state index in [4.69, 9.17) is 11.6 Å². The molecular formula is C29H22BrClN2O3S. The van der Waals surface area contributed by atoms with Crippen molar-refractivity contribution in [1.29, 1.82) is 0 Å². The highest BCUT2D eigenvalue weighted by molar-refractivity contribution is 9.10. The Kier molecular flexibility index (Phi) is 7.65. The van der Waals surface area contributed by atoms with Gasteiger partial charge in [0.25, 0.3) is 0 Å². The minimum Gasteiger partial charge on any atom is -0.478 e. The summed E-state index contributed by atoms with van der Waals surface area (Å²) in [6.07, 6.45) is 4.10. The Morgan fingerprint density at radius 1 is 0.973 bits per heavy atom. The first-order valence-corrected chi connectivity index (χ1v) is 13.7. The van der Waals surface area contributed by atoms with E-state index >= 15 is 0 Å². The first-order valence-electron chi connectivity index (χ1n) is 11.7. The number of aromatic carboxylic acids is 1. The molecule has 1 aliphatic carbocycles. The lowest BCUT2D eigenvalue weighted by molar-refractivity contribution is 0.0693. The number of hydrogen-bond donors (Lipinski definition) is 1. The van der Waals surface area contributed by atoms with Crippen LogP contribution in [0.4, 0.5) is 11.4 Å². The van der Waals surface area contributed by atoms with Gasteiger partial charge < -0.3 is 10.0 Å². The van der Waals surface area contributed by atoms with E-state index in [-0.39, 0.29) is 22.6 Å². The number of carboxylic acids is 1. The summed E-state index contributed by atoms with van der Waals surface area (Å²) in [6, 6.07) is 23.6. The van der Waals surface area contributed by atoms with E-state index in [1.807, 2.05) is 54.6 Å². The molecule has 5 rings (SSSR count). The summed E-state index contributed by atoms with van der Waals surface area (Å²) in [5.41, 5.74) is 2.52. The van der Waals surface area contributed by atoms with Gasteiger partial charge in [-0.25, -0.2) is 4.79 Å². The lowest BCUT2D eigenvalue weighted by Gasteiger charge is -2.25. The van der Waals surface area contributed by atoms with Crippen LogP contribution < -0.4 is 4.90 Å². The van der Waals surface area contributed by atoms with Gasteiger partial charge in [-0.1, -0.05) is 39.3 Å². The van der Waals surface area contributed by atoms with Crippen LogP contribution in [0.2, 0.25) is 5.02 Å². The Morgan fingerprint density at radius 2 is 1.68 bits per heavy atom. The number of carbonyl (C=O) groups is 2. The van der Waals surface area contributed by atoms with Crippen molar-refractivity contribution in [2.24, 2.45) is 5.92 Å². The number of carboxylic acid groups (broad SMARTS) is 1. The van der Waals surface area contributed by atoms with E-state index < -0.39 is 5.97 Å². The van der Waals surface area contributed by atoms with E-state index in [1.165, 1.54) is 30.7 Å². The molecule has 1 aliphatic rings. The van der Waals surface area contributed by atoms with Gasteiger partial charge >= 0.3 is 5.97 Å². The first-order chi connectivity index (χ1) is 17.9. The fraction of sp³-hybridized carbons (Fsp3) is 0.138. The molecule has 0 radical (unpaired) electrons. The fourth-order valence-corrected chi connectivity index (χ4v) is 5.23. The minimum absolute atomic E-state index is 0.0775. The molecule has 4 aromatic rings. The second-order valence-corrected chi connectivity index (χ2v) is 11.3. The number of rotatable bonds is 9. The molecule has 1 fully saturated rings. The molecule has 0 saturated heterocycles. The molecule has 0 atom stereocenters. The molecule has 0 aliphatic heterocycles. The van der Waals surface area contributed by atoms with E-state index in [0.29, 0.717) is 15.8 Å². The zero-order chi connectivity index (χ0) is 25.9. The number of benzene rings is 3. The molecule has 0 unspecified atom stereocenters. The predicted octanol–water partition coefficient (Wildman–Crippen LogP) is 8.13. The summed E-state index contributed by atoms with van der Waals surface area (Å²) in [6.45, 7) is 0.871. The Morgan fingerprint density at radius 3 is 2.30 bits per heavy atom.